The van der Waals surface area contributed by atoms with Gasteiger partial charge in [0.1, 0.15) is 5.82 Å². The Morgan fingerprint density at radius 2 is 2.21 bits per heavy atom. The van der Waals surface area contributed by atoms with Gasteiger partial charge in [0.2, 0.25) is 0 Å². The number of aromatic nitrogens is 1. The Hall–Kier alpha value is -1.58. The van der Waals surface area contributed by atoms with E-state index >= 15 is 0 Å². The van der Waals surface area contributed by atoms with Crippen LogP contribution >= 0.6 is 0 Å². The van der Waals surface area contributed by atoms with E-state index < -0.39 is 0 Å². The number of pyridine rings is 1. The van der Waals surface area contributed by atoms with Crippen molar-refractivity contribution in [2.24, 2.45) is 0 Å². The first-order valence-corrected chi connectivity index (χ1v) is 7.22. The lowest BCUT2D eigenvalue weighted by molar-refractivity contribution is 0.0821. The minimum Gasteiger partial charge on any atom is -0.369 e. The van der Waals surface area contributed by atoms with Gasteiger partial charge in [0.05, 0.1) is 5.56 Å². The Morgan fingerprint density at radius 1 is 1.42 bits per heavy atom. The van der Waals surface area contributed by atoms with E-state index in [-0.39, 0.29) is 11.4 Å². The summed E-state index contributed by atoms with van der Waals surface area (Å²) in [6.07, 6.45) is 7.11. The molecule has 0 saturated heterocycles. The lowest BCUT2D eigenvalue weighted by atomic mass is 9.74. The van der Waals surface area contributed by atoms with Crippen molar-refractivity contribution in [3.8, 4) is 0 Å². The summed E-state index contributed by atoms with van der Waals surface area (Å²) >= 11 is 0. The van der Waals surface area contributed by atoms with Gasteiger partial charge in [0, 0.05) is 18.3 Å². The molecule has 1 aromatic rings. The molecular formula is C15H23N3O. The van der Waals surface area contributed by atoms with Crippen LogP contribution in [0.4, 0.5) is 5.82 Å². The molecule has 1 aliphatic rings. The van der Waals surface area contributed by atoms with Crippen LogP contribution in [0.15, 0.2) is 18.3 Å². The molecular weight excluding hydrogens is 238 g/mol. The summed E-state index contributed by atoms with van der Waals surface area (Å²) in [5.74, 6) is 0.681. The van der Waals surface area contributed by atoms with E-state index in [0.29, 0.717) is 11.4 Å². The third-order valence-electron chi connectivity index (χ3n) is 3.96. The fourth-order valence-corrected chi connectivity index (χ4v) is 2.45. The number of amides is 1. The summed E-state index contributed by atoms with van der Waals surface area (Å²) in [5.41, 5.74) is 0.672. The lowest BCUT2D eigenvalue weighted by Gasteiger charge is -2.42. The molecule has 1 aliphatic carbocycles. The van der Waals surface area contributed by atoms with Gasteiger partial charge in [-0.05, 0) is 44.2 Å². The van der Waals surface area contributed by atoms with Crippen LogP contribution in [0.5, 0.6) is 0 Å². The fourth-order valence-electron chi connectivity index (χ4n) is 2.45. The third-order valence-corrected chi connectivity index (χ3v) is 3.96. The van der Waals surface area contributed by atoms with Gasteiger partial charge < -0.3 is 10.6 Å². The predicted molar refractivity (Wildman–Crippen MR) is 77.4 cm³/mol. The largest absolute Gasteiger partial charge is 0.369 e. The SMILES string of the molecule is CCCNc1ncccc1C(=O)NC1(CC)CCC1. The maximum atomic E-state index is 12.4. The van der Waals surface area contributed by atoms with Crippen molar-refractivity contribution in [1.29, 1.82) is 0 Å². The predicted octanol–water partition coefficient (Wildman–Crippen LogP) is 2.97. The summed E-state index contributed by atoms with van der Waals surface area (Å²) in [6.45, 7) is 5.06. The summed E-state index contributed by atoms with van der Waals surface area (Å²) in [7, 11) is 0. The average Bonchev–Trinajstić information content (AvgIpc) is 2.40. The highest BCUT2D eigenvalue weighted by atomic mass is 16.1. The Bertz CT molecular complexity index is 435. The Balaban J connectivity index is 2.10. The molecule has 0 bridgehead atoms. The highest BCUT2D eigenvalue weighted by molar-refractivity contribution is 5.99. The number of hydrogen-bond acceptors (Lipinski definition) is 3. The molecule has 0 radical (unpaired) electrons. The number of rotatable bonds is 6. The molecule has 0 aliphatic heterocycles. The summed E-state index contributed by atoms with van der Waals surface area (Å²) in [6, 6.07) is 3.65. The molecule has 2 rings (SSSR count). The number of hydrogen-bond donors (Lipinski definition) is 2. The van der Waals surface area contributed by atoms with Gasteiger partial charge in [-0.3, -0.25) is 4.79 Å². The van der Waals surface area contributed by atoms with Crippen LogP contribution in [-0.4, -0.2) is 23.0 Å². The number of nitrogens with zero attached hydrogens (tertiary/aromatic N) is 1. The summed E-state index contributed by atoms with van der Waals surface area (Å²) in [5, 5.41) is 6.41. The topological polar surface area (TPSA) is 54.0 Å². The molecule has 19 heavy (non-hydrogen) atoms. The van der Waals surface area contributed by atoms with Crippen molar-refractivity contribution in [2.75, 3.05) is 11.9 Å². The maximum absolute atomic E-state index is 12.4. The molecule has 1 aromatic heterocycles. The first-order chi connectivity index (χ1) is 9.21. The van der Waals surface area contributed by atoms with Crippen molar-refractivity contribution < 1.29 is 4.79 Å². The molecule has 0 atom stereocenters. The van der Waals surface area contributed by atoms with E-state index in [4.69, 9.17) is 0 Å². The zero-order valence-electron chi connectivity index (χ0n) is 11.8. The molecule has 0 unspecified atom stereocenters. The summed E-state index contributed by atoms with van der Waals surface area (Å²) < 4.78 is 0. The highest BCUT2D eigenvalue weighted by Gasteiger charge is 2.36. The smallest absolute Gasteiger partial charge is 0.255 e. The van der Waals surface area contributed by atoms with Crippen LogP contribution in [0.2, 0.25) is 0 Å². The minimum absolute atomic E-state index is 0.00625. The Kier molecular flexibility index (Phi) is 4.40. The molecule has 1 saturated carbocycles. The molecule has 1 amide bonds. The number of nitrogens with one attached hydrogen (secondary N) is 2. The molecule has 0 aromatic carbocycles. The van der Waals surface area contributed by atoms with Crippen LogP contribution in [0.3, 0.4) is 0 Å². The highest BCUT2D eigenvalue weighted by Crippen LogP contribution is 2.35. The molecule has 1 fully saturated rings. The fraction of sp³-hybridized carbons (Fsp3) is 0.600. The van der Waals surface area contributed by atoms with Crippen LogP contribution in [-0.2, 0) is 0 Å². The van der Waals surface area contributed by atoms with Gasteiger partial charge in [-0.2, -0.15) is 0 Å². The van der Waals surface area contributed by atoms with E-state index in [1.165, 1.54) is 6.42 Å². The van der Waals surface area contributed by atoms with E-state index in [9.17, 15) is 4.79 Å². The van der Waals surface area contributed by atoms with Crippen LogP contribution in [0.25, 0.3) is 0 Å². The van der Waals surface area contributed by atoms with Gasteiger partial charge in [0.25, 0.3) is 5.91 Å². The minimum atomic E-state index is -0.00625. The number of carbonyl (C=O) groups excluding carboxylic acids is 1. The van der Waals surface area contributed by atoms with Gasteiger partial charge in [-0.1, -0.05) is 13.8 Å². The second kappa shape index (κ2) is 6.04. The van der Waals surface area contributed by atoms with Crippen molar-refractivity contribution in [3.63, 3.8) is 0 Å². The van der Waals surface area contributed by atoms with Gasteiger partial charge in [-0.15, -0.1) is 0 Å². The third kappa shape index (κ3) is 3.06. The molecule has 0 spiro atoms. The van der Waals surface area contributed by atoms with Crippen molar-refractivity contribution in [2.45, 2.75) is 51.5 Å². The Morgan fingerprint density at radius 3 is 2.79 bits per heavy atom. The standard InChI is InChI=1S/C15H23N3O/c1-3-10-16-13-12(7-5-11-17-13)14(19)18-15(4-2)8-6-9-15/h5,7,11H,3-4,6,8-10H2,1-2H3,(H,16,17)(H,18,19). The monoisotopic (exact) mass is 261 g/mol. The zero-order chi connectivity index (χ0) is 13.7. The van der Waals surface area contributed by atoms with Crippen LogP contribution < -0.4 is 10.6 Å². The van der Waals surface area contributed by atoms with Crippen molar-refractivity contribution in [3.05, 3.63) is 23.9 Å². The molecule has 104 valence electrons. The maximum Gasteiger partial charge on any atom is 0.255 e. The van der Waals surface area contributed by atoms with Crippen molar-refractivity contribution >= 4 is 11.7 Å². The van der Waals surface area contributed by atoms with Gasteiger partial charge in [0.15, 0.2) is 0 Å². The van der Waals surface area contributed by atoms with Crippen LogP contribution in [0.1, 0.15) is 56.3 Å². The van der Waals surface area contributed by atoms with Crippen molar-refractivity contribution in [1.82, 2.24) is 10.3 Å². The second-order valence-electron chi connectivity index (χ2n) is 5.27. The number of carbonyl (C=O) groups is 1. The normalized spacial score (nSPS) is 16.5. The lowest BCUT2D eigenvalue weighted by Crippen LogP contribution is -2.53. The second-order valence-corrected chi connectivity index (χ2v) is 5.27. The first kappa shape index (κ1) is 13.8. The molecule has 2 N–H and O–H groups in total. The van der Waals surface area contributed by atoms with E-state index in [0.717, 1.165) is 32.2 Å². The van der Waals surface area contributed by atoms with Gasteiger partial charge in [-0.25, -0.2) is 4.98 Å². The zero-order valence-corrected chi connectivity index (χ0v) is 11.8. The quantitative estimate of drug-likeness (QED) is 0.827. The number of anilines is 1. The van der Waals surface area contributed by atoms with E-state index in [2.05, 4.69) is 29.5 Å². The molecule has 4 nitrogen and oxygen atoms in total. The van der Waals surface area contributed by atoms with E-state index in [1.54, 1.807) is 6.20 Å². The van der Waals surface area contributed by atoms with Gasteiger partial charge >= 0.3 is 0 Å². The van der Waals surface area contributed by atoms with E-state index in [1.807, 2.05) is 12.1 Å². The molecule has 4 heteroatoms. The molecule has 1 heterocycles. The summed E-state index contributed by atoms with van der Waals surface area (Å²) in [4.78, 5) is 16.7. The Labute approximate surface area is 115 Å². The average molecular weight is 261 g/mol. The van der Waals surface area contributed by atoms with Crippen LogP contribution in [0, 0.1) is 0 Å². The first-order valence-electron chi connectivity index (χ1n) is 7.22.